The molecule has 0 unspecified atom stereocenters. The van der Waals surface area contributed by atoms with E-state index in [4.69, 9.17) is 4.74 Å². The smallest absolute Gasteiger partial charge is 0.302 e. The Morgan fingerprint density at radius 2 is 1.76 bits per heavy atom. The number of carbonyl (C=O) groups is 3. The van der Waals surface area contributed by atoms with Gasteiger partial charge in [-0.15, -0.1) is 0 Å². The lowest BCUT2D eigenvalue weighted by molar-refractivity contribution is -0.148. The van der Waals surface area contributed by atoms with Crippen LogP contribution in [0.15, 0.2) is 24.3 Å². The molecule has 5 nitrogen and oxygen atoms in total. The Hall–Kier alpha value is -2.17. The van der Waals surface area contributed by atoms with E-state index in [2.05, 4.69) is 0 Å². The van der Waals surface area contributed by atoms with Crippen molar-refractivity contribution in [3.05, 3.63) is 35.4 Å². The summed E-state index contributed by atoms with van der Waals surface area (Å²) in [7, 11) is 0. The van der Waals surface area contributed by atoms with Crippen molar-refractivity contribution in [2.24, 2.45) is 0 Å². The molecular formula is C16H17NO4. The van der Waals surface area contributed by atoms with Crippen LogP contribution in [-0.2, 0) is 9.53 Å². The molecule has 0 saturated heterocycles. The Kier molecular flexibility index (Phi) is 3.49. The van der Waals surface area contributed by atoms with Gasteiger partial charge in [-0.2, -0.15) is 0 Å². The topological polar surface area (TPSA) is 63.7 Å². The average Bonchev–Trinajstić information content (AvgIpc) is 2.71. The monoisotopic (exact) mass is 287 g/mol. The highest BCUT2D eigenvalue weighted by molar-refractivity contribution is 6.21. The molecule has 0 radical (unpaired) electrons. The summed E-state index contributed by atoms with van der Waals surface area (Å²) in [5.41, 5.74) is 0.939. The first kappa shape index (κ1) is 13.8. The van der Waals surface area contributed by atoms with E-state index < -0.39 is 0 Å². The van der Waals surface area contributed by atoms with E-state index in [1.54, 1.807) is 24.3 Å². The van der Waals surface area contributed by atoms with Crippen LogP contribution < -0.4 is 0 Å². The molecule has 1 aromatic carbocycles. The largest absolute Gasteiger partial charge is 0.462 e. The number of benzene rings is 1. The fourth-order valence-corrected chi connectivity index (χ4v) is 3.24. The first-order valence-corrected chi connectivity index (χ1v) is 7.22. The van der Waals surface area contributed by atoms with E-state index in [0.29, 0.717) is 17.5 Å². The fourth-order valence-electron chi connectivity index (χ4n) is 3.24. The number of hydrogen-bond donors (Lipinski definition) is 0. The van der Waals surface area contributed by atoms with E-state index in [9.17, 15) is 14.4 Å². The van der Waals surface area contributed by atoms with Crippen LogP contribution >= 0.6 is 0 Å². The standard InChI is InChI=1S/C16H17NO4/c1-10(18)21-12-6-4-5-11(9-12)17-15(19)13-7-2-3-8-14(13)16(17)20/h2-3,7-8,11-12H,4-6,9H2,1H3/t11-,12+/m1/s1. The number of fused-ring (bicyclic) bond motifs is 1. The van der Waals surface area contributed by atoms with Gasteiger partial charge in [0.2, 0.25) is 0 Å². The van der Waals surface area contributed by atoms with Crippen molar-refractivity contribution < 1.29 is 19.1 Å². The number of imide groups is 1. The fraction of sp³-hybridized carbons (Fsp3) is 0.438. The van der Waals surface area contributed by atoms with Crippen LogP contribution in [0.3, 0.4) is 0 Å². The summed E-state index contributed by atoms with van der Waals surface area (Å²) in [6, 6.07) is 6.70. The Balaban J connectivity index is 1.80. The minimum atomic E-state index is -0.317. The number of carbonyl (C=O) groups excluding carboxylic acids is 3. The molecule has 0 bridgehead atoms. The summed E-state index contributed by atoms with van der Waals surface area (Å²) in [6.45, 7) is 1.38. The predicted octanol–water partition coefficient (Wildman–Crippen LogP) is 2.16. The van der Waals surface area contributed by atoms with Gasteiger partial charge in [-0.1, -0.05) is 12.1 Å². The molecule has 110 valence electrons. The molecule has 2 atom stereocenters. The normalized spacial score (nSPS) is 24.9. The molecule has 1 saturated carbocycles. The molecule has 1 aliphatic heterocycles. The van der Waals surface area contributed by atoms with Crippen LogP contribution in [-0.4, -0.2) is 34.8 Å². The van der Waals surface area contributed by atoms with Crippen LogP contribution in [0.1, 0.15) is 53.3 Å². The van der Waals surface area contributed by atoms with Gasteiger partial charge < -0.3 is 4.74 Å². The van der Waals surface area contributed by atoms with E-state index in [0.717, 1.165) is 19.3 Å². The molecule has 1 aromatic rings. The molecule has 1 fully saturated rings. The second-order valence-electron chi connectivity index (χ2n) is 5.58. The number of nitrogens with zero attached hydrogens (tertiary/aromatic N) is 1. The van der Waals surface area contributed by atoms with Crippen LogP contribution in [0.4, 0.5) is 0 Å². The third-order valence-electron chi connectivity index (χ3n) is 4.12. The van der Waals surface area contributed by atoms with Crippen molar-refractivity contribution in [1.29, 1.82) is 0 Å². The highest BCUT2D eigenvalue weighted by Crippen LogP contribution is 2.31. The van der Waals surface area contributed by atoms with Crippen molar-refractivity contribution in [2.75, 3.05) is 0 Å². The third-order valence-corrected chi connectivity index (χ3v) is 4.12. The first-order valence-electron chi connectivity index (χ1n) is 7.22. The maximum absolute atomic E-state index is 12.4. The Morgan fingerprint density at radius 1 is 1.14 bits per heavy atom. The Labute approximate surface area is 122 Å². The summed E-state index contributed by atoms with van der Waals surface area (Å²) in [4.78, 5) is 37.3. The van der Waals surface area contributed by atoms with Gasteiger partial charge in [0, 0.05) is 19.4 Å². The summed E-state index contributed by atoms with van der Waals surface area (Å²) >= 11 is 0. The lowest BCUT2D eigenvalue weighted by Crippen LogP contribution is -2.44. The quantitative estimate of drug-likeness (QED) is 0.617. The lowest BCUT2D eigenvalue weighted by atomic mass is 9.91. The van der Waals surface area contributed by atoms with Crippen molar-refractivity contribution in [3.63, 3.8) is 0 Å². The summed E-state index contributed by atoms with van der Waals surface area (Å²) < 4.78 is 5.24. The zero-order chi connectivity index (χ0) is 15.0. The van der Waals surface area contributed by atoms with E-state index in [-0.39, 0.29) is 29.9 Å². The molecule has 2 amide bonds. The molecule has 5 heteroatoms. The van der Waals surface area contributed by atoms with Crippen LogP contribution in [0.25, 0.3) is 0 Å². The van der Waals surface area contributed by atoms with Crippen molar-refractivity contribution >= 4 is 17.8 Å². The Morgan fingerprint density at radius 3 is 2.33 bits per heavy atom. The van der Waals surface area contributed by atoms with Crippen LogP contribution in [0.2, 0.25) is 0 Å². The van der Waals surface area contributed by atoms with E-state index >= 15 is 0 Å². The van der Waals surface area contributed by atoms with Gasteiger partial charge >= 0.3 is 5.97 Å². The van der Waals surface area contributed by atoms with Gasteiger partial charge in [0.15, 0.2) is 0 Å². The SMILES string of the molecule is CC(=O)O[C@H]1CCC[C@@H](N2C(=O)c3ccccc3C2=O)C1. The minimum absolute atomic E-state index is 0.185. The molecule has 0 spiro atoms. The summed E-state index contributed by atoms with van der Waals surface area (Å²) in [5.74, 6) is -0.781. The zero-order valence-electron chi connectivity index (χ0n) is 11.9. The van der Waals surface area contributed by atoms with Crippen molar-refractivity contribution in [2.45, 2.75) is 44.8 Å². The molecule has 0 aromatic heterocycles. The maximum Gasteiger partial charge on any atom is 0.302 e. The van der Waals surface area contributed by atoms with Crippen molar-refractivity contribution in [3.8, 4) is 0 Å². The number of esters is 1. The van der Waals surface area contributed by atoms with E-state index in [1.165, 1.54) is 11.8 Å². The third kappa shape index (κ3) is 2.44. The molecule has 0 N–H and O–H groups in total. The molecule has 1 heterocycles. The summed E-state index contributed by atoms with van der Waals surface area (Å²) in [6.07, 6.45) is 2.73. The molecule has 21 heavy (non-hydrogen) atoms. The second-order valence-corrected chi connectivity index (χ2v) is 5.58. The molecule has 2 aliphatic rings. The zero-order valence-corrected chi connectivity index (χ0v) is 11.9. The predicted molar refractivity (Wildman–Crippen MR) is 74.8 cm³/mol. The minimum Gasteiger partial charge on any atom is -0.462 e. The van der Waals surface area contributed by atoms with Gasteiger partial charge in [0.1, 0.15) is 6.10 Å². The number of amides is 2. The molecular weight excluding hydrogens is 270 g/mol. The van der Waals surface area contributed by atoms with Crippen LogP contribution in [0, 0.1) is 0 Å². The lowest BCUT2D eigenvalue weighted by Gasteiger charge is -2.33. The number of ether oxygens (including phenoxy) is 1. The van der Waals surface area contributed by atoms with Gasteiger partial charge in [0.05, 0.1) is 11.1 Å². The Bertz CT molecular complexity index is 575. The average molecular weight is 287 g/mol. The van der Waals surface area contributed by atoms with Crippen molar-refractivity contribution in [1.82, 2.24) is 4.90 Å². The van der Waals surface area contributed by atoms with Gasteiger partial charge in [0.25, 0.3) is 11.8 Å². The molecule has 1 aliphatic carbocycles. The van der Waals surface area contributed by atoms with Gasteiger partial charge in [-0.25, -0.2) is 0 Å². The second kappa shape index (κ2) is 5.31. The number of hydrogen-bond acceptors (Lipinski definition) is 4. The summed E-state index contributed by atoms with van der Waals surface area (Å²) in [5, 5.41) is 0. The molecule has 3 rings (SSSR count). The van der Waals surface area contributed by atoms with E-state index in [1.807, 2.05) is 0 Å². The highest BCUT2D eigenvalue weighted by atomic mass is 16.5. The van der Waals surface area contributed by atoms with Crippen LogP contribution in [0.5, 0.6) is 0 Å². The number of rotatable bonds is 2. The van der Waals surface area contributed by atoms with Gasteiger partial charge in [-0.05, 0) is 31.4 Å². The van der Waals surface area contributed by atoms with Gasteiger partial charge in [-0.3, -0.25) is 19.3 Å². The maximum atomic E-state index is 12.4. The highest BCUT2D eigenvalue weighted by Gasteiger charge is 2.41. The first-order chi connectivity index (χ1) is 10.1.